The fourth-order valence-corrected chi connectivity index (χ4v) is 9.24. The van der Waals surface area contributed by atoms with E-state index in [1.54, 1.807) is 0 Å². The van der Waals surface area contributed by atoms with Crippen LogP contribution in [0.25, 0.3) is 0 Å². The van der Waals surface area contributed by atoms with Gasteiger partial charge in [-0.25, -0.2) is 0 Å². The van der Waals surface area contributed by atoms with Crippen LogP contribution in [0.4, 0.5) is 0 Å². The van der Waals surface area contributed by atoms with Gasteiger partial charge in [-0.05, 0) is 90.5 Å². The molecule has 0 aromatic carbocycles. The molecule has 0 aromatic heterocycles. The van der Waals surface area contributed by atoms with Gasteiger partial charge in [0.25, 0.3) is 0 Å². The molecule has 2 saturated heterocycles. The zero-order valence-corrected chi connectivity index (χ0v) is 22.1. The molecule has 35 heavy (non-hydrogen) atoms. The highest BCUT2D eigenvalue weighted by Gasteiger charge is 2.78. The number of nitrogens with one attached hydrogen (secondary N) is 1. The molecule has 2 heterocycles. The Hall–Kier alpha value is -0.730. The van der Waals surface area contributed by atoms with Gasteiger partial charge in [-0.3, -0.25) is 9.69 Å². The van der Waals surface area contributed by atoms with Gasteiger partial charge in [0.1, 0.15) is 5.60 Å². The largest absolute Gasteiger partial charge is 0.460 e. The first-order valence-corrected chi connectivity index (χ1v) is 14.3. The van der Waals surface area contributed by atoms with Crippen LogP contribution in [0.1, 0.15) is 78.6 Å². The number of hydrogen-bond acceptors (Lipinski definition) is 7. The highest BCUT2D eigenvalue weighted by molar-refractivity contribution is 5.70. The summed E-state index contributed by atoms with van der Waals surface area (Å²) >= 11 is 0. The number of likely N-dealkylation sites (tertiary alicyclic amines) is 1. The molecule has 2 aliphatic heterocycles. The molecule has 2 N–H and O–H groups in total. The van der Waals surface area contributed by atoms with Crippen LogP contribution in [0, 0.1) is 23.2 Å². The van der Waals surface area contributed by atoms with Crippen molar-refractivity contribution < 1.29 is 24.1 Å². The van der Waals surface area contributed by atoms with E-state index in [2.05, 4.69) is 10.2 Å². The normalized spacial score (nSPS) is 46.8. The average Bonchev–Trinajstić information content (AvgIpc) is 3.54. The van der Waals surface area contributed by atoms with E-state index in [4.69, 9.17) is 14.2 Å². The van der Waals surface area contributed by atoms with Gasteiger partial charge in [-0.15, -0.1) is 0 Å². The molecule has 6 unspecified atom stereocenters. The number of ether oxygens (including phenoxy) is 3. The summed E-state index contributed by atoms with van der Waals surface area (Å²) in [4.78, 5) is 15.1. The minimum absolute atomic E-state index is 0.0194. The summed E-state index contributed by atoms with van der Waals surface area (Å²) in [5.41, 5.74) is -0.732. The molecule has 0 amide bonds. The Morgan fingerprint density at radius 2 is 1.97 bits per heavy atom. The summed E-state index contributed by atoms with van der Waals surface area (Å²) in [5.74, 6) is 1.68. The second-order valence-electron chi connectivity index (χ2n) is 13.5. The summed E-state index contributed by atoms with van der Waals surface area (Å²) in [7, 11) is 1.94. The first kappa shape index (κ1) is 24.6. The SMILES string of the molecule is CO[C@]12CCC(NCCC(=O)OC(C)(C)C)[C@@H]3OC4C(O)CCC5CC1N(CC1CC1)CC[C@]32C54. The maximum absolute atomic E-state index is 12.3. The molecule has 0 radical (unpaired) electrons. The Labute approximate surface area is 210 Å². The van der Waals surface area contributed by atoms with Gasteiger partial charge < -0.3 is 24.6 Å². The predicted molar refractivity (Wildman–Crippen MR) is 132 cm³/mol. The lowest BCUT2D eigenvalue weighted by molar-refractivity contribution is -0.272. The first-order chi connectivity index (χ1) is 16.7. The molecule has 6 rings (SSSR count). The monoisotopic (exact) mass is 490 g/mol. The van der Waals surface area contributed by atoms with Crippen LogP contribution in [0.3, 0.4) is 0 Å². The Morgan fingerprint density at radius 3 is 2.69 bits per heavy atom. The summed E-state index contributed by atoms with van der Waals surface area (Å²) in [6, 6.07) is 0.624. The lowest BCUT2D eigenvalue weighted by atomic mass is 9.42. The van der Waals surface area contributed by atoms with Crippen LogP contribution in [0.2, 0.25) is 0 Å². The van der Waals surface area contributed by atoms with Crippen molar-refractivity contribution in [1.82, 2.24) is 10.2 Å². The lowest BCUT2D eigenvalue weighted by Crippen LogP contribution is -2.79. The molecular formula is C28H46N2O5. The number of aliphatic hydroxyl groups excluding tert-OH is 1. The van der Waals surface area contributed by atoms with E-state index in [0.29, 0.717) is 30.8 Å². The van der Waals surface area contributed by atoms with Gasteiger partial charge in [0, 0.05) is 43.6 Å². The number of hydrogen-bond donors (Lipinski definition) is 2. The number of carbonyl (C=O) groups excluding carboxylic acids is 1. The number of esters is 1. The van der Waals surface area contributed by atoms with Gasteiger partial charge in [0.2, 0.25) is 0 Å². The number of piperidine rings is 1. The molecule has 198 valence electrons. The third-order valence-corrected chi connectivity index (χ3v) is 10.5. The van der Waals surface area contributed by atoms with Crippen molar-refractivity contribution in [2.45, 2.75) is 120 Å². The van der Waals surface area contributed by atoms with Gasteiger partial charge in [0.15, 0.2) is 0 Å². The molecule has 7 nitrogen and oxygen atoms in total. The number of aliphatic hydroxyl groups is 1. The molecule has 1 spiro atoms. The Balaban J connectivity index is 1.27. The Kier molecular flexibility index (Phi) is 6.08. The molecule has 4 saturated carbocycles. The van der Waals surface area contributed by atoms with Crippen molar-refractivity contribution in [3.8, 4) is 0 Å². The van der Waals surface area contributed by atoms with Crippen molar-refractivity contribution in [3.05, 3.63) is 0 Å². The smallest absolute Gasteiger partial charge is 0.307 e. The lowest BCUT2D eigenvalue weighted by Gasteiger charge is -2.70. The summed E-state index contributed by atoms with van der Waals surface area (Å²) < 4.78 is 19.1. The topological polar surface area (TPSA) is 80.3 Å². The van der Waals surface area contributed by atoms with Gasteiger partial charge in [-0.1, -0.05) is 0 Å². The molecule has 6 fully saturated rings. The van der Waals surface area contributed by atoms with Crippen LogP contribution in [-0.2, 0) is 19.0 Å². The third kappa shape index (κ3) is 3.82. The first-order valence-electron chi connectivity index (χ1n) is 14.3. The maximum Gasteiger partial charge on any atom is 0.307 e. The third-order valence-electron chi connectivity index (χ3n) is 10.5. The van der Waals surface area contributed by atoms with Crippen molar-refractivity contribution >= 4 is 5.97 Å². The second-order valence-corrected chi connectivity index (χ2v) is 13.5. The molecule has 4 aliphatic carbocycles. The predicted octanol–water partition coefficient (Wildman–Crippen LogP) is 2.88. The van der Waals surface area contributed by atoms with E-state index in [9.17, 15) is 9.90 Å². The molecule has 7 heteroatoms. The quantitative estimate of drug-likeness (QED) is 0.531. The maximum atomic E-state index is 12.3. The van der Waals surface area contributed by atoms with E-state index in [1.165, 1.54) is 25.8 Å². The van der Waals surface area contributed by atoms with Crippen molar-refractivity contribution in [1.29, 1.82) is 0 Å². The van der Waals surface area contributed by atoms with Crippen LogP contribution < -0.4 is 5.32 Å². The number of carbonyl (C=O) groups is 1. The van der Waals surface area contributed by atoms with E-state index in [-0.39, 0.29) is 41.3 Å². The van der Waals surface area contributed by atoms with Crippen LogP contribution >= 0.6 is 0 Å². The van der Waals surface area contributed by atoms with Crippen LogP contribution in [0.15, 0.2) is 0 Å². The Morgan fingerprint density at radius 1 is 1.17 bits per heavy atom. The molecule has 0 aromatic rings. The average molecular weight is 491 g/mol. The summed E-state index contributed by atoms with van der Waals surface area (Å²) in [5, 5.41) is 14.8. The fraction of sp³-hybridized carbons (Fsp3) is 0.964. The highest BCUT2D eigenvalue weighted by Crippen LogP contribution is 2.70. The minimum Gasteiger partial charge on any atom is -0.460 e. The second kappa shape index (κ2) is 8.65. The molecule has 6 aliphatic rings. The van der Waals surface area contributed by atoms with Crippen molar-refractivity contribution in [2.75, 3.05) is 26.7 Å². The van der Waals surface area contributed by atoms with E-state index >= 15 is 0 Å². The van der Waals surface area contributed by atoms with Crippen molar-refractivity contribution in [2.24, 2.45) is 23.2 Å². The van der Waals surface area contributed by atoms with Crippen LogP contribution in [0.5, 0.6) is 0 Å². The Bertz CT molecular complexity index is 827. The standard InChI is InChI=1S/C28H46N2O5/c1-26(2,3)35-22(32)10-13-29-19-9-11-28(33-4)21-15-18-7-8-20(31)24-23(18)27(28,25(19)34-24)12-14-30(21)16-17-5-6-17/h17-21,23-25,29,31H,5-16H2,1-4H3/t18?,19?,20?,21?,23?,24?,25-,27-,28+/m0/s1. The minimum atomic E-state index is -0.458. The summed E-state index contributed by atoms with van der Waals surface area (Å²) in [6.45, 7) is 8.66. The van der Waals surface area contributed by atoms with Crippen LogP contribution in [-0.4, -0.2) is 84.3 Å². The zero-order chi connectivity index (χ0) is 24.6. The van der Waals surface area contributed by atoms with E-state index in [0.717, 1.165) is 44.6 Å². The molecule has 9 atom stereocenters. The van der Waals surface area contributed by atoms with Gasteiger partial charge in [0.05, 0.1) is 30.3 Å². The van der Waals surface area contributed by atoms with Crippen molar-refractivity contribution in [3.63, 3.8) is 0 Å². The molecular weight excluding hydrogens is 444 g/mol. The number of rotatable bonds is 7. The fourth-order valence-electron chi connectivity index (χ4n) is 9.24. The van der Waals surface area contributed by atoms with Gasteiger partial charge in [-0.2, -0.15) is 0 Å². The van der Waals surface area contributed by atoms with E-state index < -0.39 is 5.60 Å². The number of nitrogens with zero attached hydrogens (tertiary/aromatic N) is 1. The van der Waals surface area contributed by atoms with Gasteiger partial charge >= 0.3 is 5.97 Å². The molecule has 2 bridgehead atoms. The van der Waals surface area contributed by atoms with E-state index in [1.807, 2.05) is 27.9 Å². The number of methoxy groups -OCH3 is 1. The summed E-state index contributed by atoms with van der Waals surface area (Å²) in [6.07, 6.45) is 8.89. The highest BCUT2D eigenvalue weighted by atomic mass is 16.6. The zero-order valence-electron chi connectivity index (χ0n) is 22.1.